The van der Waals surface area contributed by atoms with Crippen LogP contribution in [0.25, 0.3) is 0 Å². The molecule has 1 aliphatic rings. The Kier molecular flexibility index (Phi) is 7.97. The van der Waals surface area contributed by atoms with Crippen LogP contribution in [0.5, 0.6) is 0 Å². The summed E-state index contributed by atoms with van der Waals surface area (Å²) in [6.45, 7) is 11.0. The van der Waals surface area contributed by atoms with Crippen molar-refractivity contribution in [2.75, 3.05) is 20.1 Å². The van der Waals surface area contributed by atoms with E-state index in [0.717, 1.165) is 19.0 Å². The van der Waals surface area contributed by atoms with E-state index in [1.54, 1.807) is 0 Å². The lowest BCUT2D eigenvalue weighted by Gasteiger charge is -2.31. The second-order valence-electron chi connectivity index (χ2n) is 6.40. The molecule has 1 fully saturated rings. The molecule has 0 heterocycles. The number of aliphatic imine (C=N–C) groups is 1. The minimum atomic E-state index is 0.588. The molecule has 4 heteroatoms. The van der Waals surface area contributed by atoms with E-state index < -0.39 is 0 Å². The second-order valence-corrected chi connectivity index (χ2v) is 6.40. The van der Waals surface area contributed by atoms with Gasteiger partial charge in [-0.15, -0.1) is 0 Å². The van der Waals surface area contributed by atoms with E-state index in [1.165, 1.54) is 32.1 Å². The second kappa shape index (κ2) is 9.22. The molecule has 0 aliphatic heterocycles. The zero-order valence-corrected chi connectivity index (χ0v) is 14.1. The molecule has 0 aromatic rings. The van der Waals surface area contributed by atoms with Gasteiger partial charge in [-0.3, -0.25) is 9.89 Å². The summed E-state index contributed by atoms with van der Waals surface area (Å²) in [5.41, 5.74) is 0. The Morgan fingerprint density at radius 2 is 1.70 bits per heavy atom. The van der Waals surface area contributed by atoms with Gasteiger partial charge in [-0.1, -0.05) is 19.3 Å². The molecule has 0 unspecified atom stereocenters. The summed E-state index contributed by atoms with van der Waals surface area (Å²) in [4.78, 5) is 6.85. The predicted molar refractivity (Wildman–Crippen MR) is 88.3 cm³/mol. The number of hydrogen-bond donors (Lipinski definition) is 2. The van der Waals surface area contributed by atoms with Gasteiger partial charge in [-0.2, -0.15) is 0 Å². The number of nitrogens with zero attached hydrogens (tertiary/aromatic N) is 2. The SMILES string of the molecule is CN=C(NCCN(C(C)C)C(C)C)NC1CCCCC1. The van der Waals surface area contributed by atoms with Crippen LogP contribution in [0.4, 0.5) is 0 Å². The molecule has 0 bridgehead atoms. The number of nitrogens with one attached hydrogen (secondary N) is 2. The molecule has 118 valence electrons. The third-order valence-corrected chi connectivity index (χ3v) is 4.16. The monoisotopic (exact) mass is 282 g/mol. The van der Waals surface area contributed by atoms with E-state index in [9.17, 15) is 0 Å². The van der Waals surface area contributed by atoms with Gasteiger partial charge in [0.15, 0.2) is 5.96 Å². The summed E-state index contributed by atoms with van der Waals surface area (Å²) < 4.78 is 0. The van der Waals surface area contributed by atoms with Crippen LogP contribution < -0.4 is 10.6 Å². The van der Waals surface area contributed by atoms with Crippen LogP contribution in [0.1, 0.15) is 59.8 Å². The van der Waals surface area contributed by atoms with Crippen molar-refractivity contribution < 1.29 is 0 Å². The summed E-state index contributed by atoms with van der Waals surface area (Å²) in [5.74, 6) is 0.962. The van der Waals surface area contributed by atoms with Gasteiger partial charge >= 0.3 is 0 Å². The lowest BCUT2D eigenvalue weighted by molar-refractivity contribution is 0.178. The highest BCUT2D eigenvalue weighted by Crippen LogP contribution is 2.17. The Hall–Kier alpha value is -0.770. The summed E-state index contributed by atoms with van der Waals surface area (Å²) in [6, 6.07) is 1.79. The number of rotatable bonds is 6. The van der Waals surface area contributed by atoms with Gasteiger partial charge in [0.1, 0.15) is 0 Å². The first kappa shape index (κ1) is 17.3. The van der Waals surface area contributed by atoms with Crippen LogP contribution in [-0.4, -0.2) is 49.1 Å². The summed E-state index contributed by atoms with van der Waals surface area (Å²) >= 11 is 0. The van der Waals surface area contributed by atoms with Crippen LogP contribution >= 0.6 is 0 Å². The first-order chi connectivity index (χ1) is 9.54. The Labute approximate surface area is 125 Å². The molecule has 1 rings (SSSR count). The molecule has 2 N–H and O–H groups in total. The minimum Gasteiger partial charge on any atom is -0.355 e. The van der Waals surface area contributed by atoms with Crippen LogP contribution in [0, 0.1) is 0 Å². The molecule has 4 nitrogen and oxygen atoms in total. The smallest absolute Gasteiger partial charge is 0.191 e. The molecular weight excluding hydrogens is 248 g/mol. The van der Waals surface area contributed by atoms with Gasteiger partial charge in [0.25, 0.3) is 0 Å². The van der Waals surface area contributed by atoms with E-state index >= 15 is 0 Å². The molecule has 0 aromatic heterocycles. The molecule has 1 aliphatic carbocycles. The third kappa shape index (κ3) is 6.12. The highest BCUT2D eigenvalue weighted by molar-refractivity contribution is 5.79. The highest BCUT2D eigenvalue weighted by Gasteiger charge is 2.15. The third-order valence-electron chi connectivity index (χ3n) is 4.16. The molecule has 0 spiro atoms. The van der Waals surface area contributed by atoms with Gasteiger partial charge in [-0.05, 0) is 40.5 Å². The first-order valence-electron chi connectivity index (χ1n) is 8.27. The molecule has 20 heavy (non-hydrogen) atoms. The van der Waals surface area contributed by atoms with Crippen LogP contribution in [0.15, 0.2) is 4.99 Å². The fourth-order valence-electron chi connectivity index (χ4n) is 3.05. The first-order valence-corrected chi connectivity index (χ1v) is 8.27. The number of guanidine groups is 1. The summed E-state index contributed by atoms with van der Waals surface area (Å²) in [6.07, 6.45) is 6.66. The van der Waals surface area contributed by atoms with Crippen molar-refractivity contribution in [2.24, 2.45) is 4.99 Å². The predicted octanol–water partition coefficient (Wildman–Crippen LogP) is 2.60. The molecule has 0 radical (unpaired) electrons. The van der Waals surface area contributed by atoms with Crippen molar-refractivity contribution in [1.29, 1.82) is 0 Å². The van der Waals surface area contributed by atoms with Crippen LogP contribution in [-0.2, 0) is 0 Å². The van der Waals surface area contributed by atoms with Crippen molar-refractivity contribution in [3.8, 4) is 0 Å². The van der Waals surface area contributed by atoms with Gasteiger partial charge < -0.3 is 10.6 Å². The Morgan fingerprint density at radius 3 is 2.20 bits per heavy atom. The lowest BCUT2D eigenvalue weighted by atomic mass is 9.96. The fraction of sp³-hybridized carbons (Fsp3) is 0.938. The van der Waals surface area contributed by atoms with Crippen molar-refractivity contribution in [2.45, 2.75) is 77.9 Å². The largest absolute Gasteiger partial charge is 0.355 e. The summed E-state index contributed by atoms with van der Waals surface area (Å²) in [5, 5.41) is 7.01. The average molecular weight is 282 g/mol. The van der Waals surface area contributed by atoms with Gasteiger partial charge in [0.05, 0.1) is 0 Å². The normalized spacial score (nSPS) is 18.1. The van der Waals surface area contributed by atoms with Crippen molar-refractivity contribution in [3.05, 3.63) is 0 Å². The molecule has 0 aromatic carbocycles. The van der Waals surface area contributed by atoms with E-state index in [2.05, 4.69) is 48.2 Å². The number of hydrogen-bond acceptors (Lipinski definition) is 2. The van der Waals surface area contributed by atoms with Crippen molar-refractivity contribution >= 4 is 5.96 Å². The Balaban J connectivity index is 2.30. The standard InChI is InChI=1S/C16H34N4/c1-13(2)20(14(3)4)12-11-18-16(17-5)19-15-9-7-6-8-10-15/h13-15H,6-12H2,1-5H3,(H2,17,18,19). The minimum absolute atomic E-state index is 0.588. The molecule has 0 atom stereocenters. The maximum Gasteiger partial charge on any atom is 0.191 e. The summed E-state index contributed by atoms with van der Waals surface area (Å²) in [7, 11) is 1.86. The van der Waals surface area contributed by atoms with Crippen LogP contribution in [0.3, 0.4) is 0 Å². The topological polar surface area (TPSA) is 39.7 Å². The van der Waals surface area contributed by atoms with Gasteiger partial charge in [-0.25, -0.2) is 0 Å². The molecule has 0 saturated heterocycles. The lowest BCUT2D eigenvalue weighted by Crippen LogP contribution is -2.48. The van der Waals surface area contributed by atoms with E-state index in [1.807, 2.05) is 7.05 Å². The Bertz CT molecular complexity index is 272. The zero-order chi connectivity index (χ0) is 15.0. The van der Waals surface area contributed by atoms with Gasteiger partial charge in [0, 0.05) is 38.3 Å². The average Bonchev–Trinajstić information content (AvgIpc) is 2.42. The van der Waals surface area contributed by atoms with Crippen molar-refractivity contribution in [3.63, 3.8) is 0 Å². The fourth-order valence-corrected chi connectivity index (χ4v) is 3.05. The molecule has 1 saturated carbocycles. The van der Waals surface area contributed by atoms with Crippen molar-refractivity contribution in [1.82, 2.24) is 15.5 Å². The van der Waals surface area contributed by atoms with Crippen LogP contribution in [0.2, 0.25) is 0 Å². The Morgan fingerprint density at radius 1 is 1.10 bits per heavy atom. The van der Waals surface area contributed by atoms with Gasteiger partial charge in [0.2, 0.25) is 0 Å². The highest BCUT2D eigenvalue weighted by atomic mass is 15.2. The zero-order valence-electron chi connectivity index (χ0n) is 14.1. The maximum atomic E-state index is 4.34. The molecule has 0 amide bonds. The van der Waals surface area contributed by atoms with E-state index in [-0.39, 0.29) is 0 Å². The molecular formula is C16H34N4. The van der Waals surface area contributed by atoms with E-state index in [4.69, 9.17) is 0 Å². The quantitative estimate of drug-likeness (QED) is 0.581. The van der Waals surface area contributed by atoms with E-state index in [0.29, 0.717) is 18.1 Å². The maximum absolute atomic E-state index is 4.34.